The van der Waals surface area contributed by atoms with E-state index in [1.165, 1.54) is 12.3 Å². The highest BCUT2D eigenvalue weighted by Crippen LogP contribution is 2.21. The van der Waals surface area contributed by atoms with Gasteiger partial charge in [0.2, 0.25) is 11.8 Å². The molecule has 5 heteroatoms. The zero-order valence-electron chi connectivity index (χ0n) is 10.7. The summed E-state index contributed by atoms with van der Waals surface area (Å²) in [5.41, 5.74) is 0.923. The normalized spacial score (nSPS) is 9.85. The number of carbonyl (C=O) groups excluding carboxylic acids is 1. The molecule has 0 aliphatic heterocycles. The van der Waals surface area contributed by atoms with Crippen LogP contribution in [0.15, 0.2) is 55.3 Å². The summed E-state index contributed by atoms with van der Waals surface area (Å²) in [5.74, 6) is 0.891. The highest BCUT2D eigenvalue weighted by molar-refractivity contribution is 6.30. The molecule has 0 bridgehead atoms. The molecule has 102 valence electrons. The Balaban J connectivity index is 2.03. The number of aromatic nitrogens is 1. The number of benzene rings is 1. The van der Waals surface area contributed by atoms with Gasteiger partial charge in [0, 0.05) is 18.8 Å². The predicted octanol–water partition coefficient (Wildman–Crippen LogP) is 3.33. The maximum atomic E-state index is 11.1. The van der Waals surface area contributed by atoms with Crippen LogP contribution in [-0.2, 0) is 11.3 Å². The lowest BCUT2D eigenvalue weighted by atomic mass is 10.2. The maximum Gasteiger partial charge on any atom is 0.243 e. The van der Waals surface area contributed by atoms with E-state index in [2.05, 4.69) is 16.9 Å². The lowest BCUT2D eigenvalue weighted by molar-refractivity contribution is -0.116. The number of pyridine rings is 1. The molecule has 0 spiro atoms. The van der Waals surface area contributed by atoms with E-state index in [1.807, 2.05) is 24.3 Å². The van der Waals surface area contributed by atoms with Gasteiger partial charge < -0.3 is 10.1 Å². The standard InChI is InChI=1S/C15H13ClN2O2/c1-2-14(19)17-9-11-4-3-5-13(8-11)20-15-7-6-12(16)10-18-15/h2-8,10H,1,9H2,(H,17,19). The lowest BCUT2D eigenvalue weighted by Crippen LogP contribution is -2.19. The molecule has 2 rings (SSSR count). The molecule has 0 aliphatic rings. The van der Waals surface area contributed by atoms with Gasteiger partial charge in [-0.2, -0.15) is 0 Å². The van der Waals surface area contributed by atoms with Crippen molar-refractivity contribution in [2.45, 2.75) is 6.54 Å². The monoisotopic (exact) mass is 288 g/mol. The molecular weight excluding hydrogens is 276 g/mol. The Morgan fingerprint density at radius 3 is 2.95 bits per heavy atom. The van der Waals surface area contributed by atoms with Crippen LogP contribution in [0.25, 0.3) is 0 Å². The number of nitrogens with one attached hydrogen (secondary N) is 1. The molecule has 0 fully saturated rings. The number of hydrogen-bond acceptors (Lipinski definition) is 3. The minimum absolute atomic E-state index is 0.212. The Bertz CT molecular complexity index is 612. The third kappa shape index (κ3) is 4.10. The van der Waals surface area contributed by atoms with Crippen LogP contribution >= 0.6 is 11.6 Å². The van der Waals surface area contributed by atoms with E-state index in [4.69, 9.17) is 16.3 Å². The average Bonchev–Trinajstić information content (AvgIpc) is 2.47. The predicted molar refractivity (Wildman–Crippen MR) is 77.8 cm³/mol. The summed E-state index contributed by atoms with van der Waals surface area (Å²) >= 11 is 5.76. The van der Waals surface area contributed by atoms with Crippen molar-refractivity contribution >= 4 is 17.5 Å². The van der Waals surface area contributed by atoms with Crippen LogP contribution in [0.1, 0.15) is 5.56 Å². The van der Waals surface area contributed by atoms with E-state index in [0.717, 1.165) is 5.56 Å². The molecule has 0 aliphatic carbocycles. The minimum Gasteiger partial charge on any atom is -0.439 e. The Morgan fingerprint density at radius 2 is 2.25 bits per heavy atom. The molecule has 1 N–H and O–H groups in total. The number of carbonyl (C=O) groups is 1. The zero-order valence-corrected chi connectivity index (χ0v) is 11.4. The number of amides is 1. The quantitative estimate of drug-likeness (QED) is 0.859. The molecule has 4 nitrogen and oxygen atoms in total. The van der Waals surface area contributed by atoms with Crippen molar-refractivity contribution in [3.63, 3.8) is 0 Å². The van der Waals surface area contributed by atoms with Crippen LogP contribution in [-0.4, -0.2) is 10.9 Å². The number of nitrogens with zero attached hydrogens (tertiary/aromatic N) is 1. The molecule has 1 amide bonds. The van der Waals surface area contributed by atoms with Crippen molar-refractivity contribution in [1.29, 1.82) is 0 Å². The zero-order chi connectivity index (χ0) is 14.4. The van der Waals surface area contributed by atoms with Crippen LogP contribution in [0.4, 0.5) is 0 Å². The fraction of sp³-hybridized carbons (Fsp3) is 0.0667. The average molecular weight is 289 g/mol. The number of hydrogen-bond donors (Lipinski definition) is 1. The fourth-order valence-electron chi connectivity index (χ4n) is 1.52. The first-order chi connectivity index (χ1) is 9.67. The number of halogens is 1. The molecule has 2 aromatic rings. The highest BCUT2D eigenvalue weighted by atomic mass is 35.5. The second-order valence-corrected chi connectivity index (χ2v) is 4.42. The molecule has 0 radical (unpaired) electrons. The largest absolute Gasteiger partial charge is 0.439 e. The molecule has 0 saturated carbocycles. The number of rotatable bonds is 5. The summed E-state index contributed by atoms with van der Waals surface area (Å²) in [6, 6.07) is 10.8. The van der Waals surface area contributed by atoms with E-state index >= 15 is 0 Å². The van der Waals surface area contributed by atoms with Crippen LogP contribution in [0.2, 0.25) is 5.02 Å². The van der Waals surface area contributed by atoms with E-state index in [9.17, 15) is 4.79 Å². The first-order valence-electron chi connectivity index (χ1n) is 5.96. The van der Waals surface area contributed by atoms with Crippen molar-refractivity contribution in [3.05, 3.63) is 65.8 Å². The third-order valence-electron chi connectivity index (χ3n) is 2.47. The Kier molecular flexibility index (Phi) is 4.74. The summed E-state index contributed by atoms with van der Waals surface area (Å²) in [4.78, 5) is 15.2. The molecular formula is C15H13ClN2O2. The van der Waals surface area contributed by atoms with Crippen molar-refractivity contribution in [2.24, 2.45) is 0 Å². The third-order valence-corrected chi connectivity index (χ3v) is 2.70. The van der Waals surface area contributed by atoms with Crippen molar-refractivity contribution < 1.29 is 9.53 Å². The summed E-state index contributed by atoms with van der Waals surface area (Å²) in [5, 5.41) is 3.26. The van der Waals surface area contributed by atoms with Gasteiger partial charge >= 0.3 is 0 Å². The van der Waals surface area contributed by atoms with Crippen LogP contribution in [0.5, 0.6) is 11.6 Å². The van der Waals surface area contributed by atoms with Gasteiger partial charge in [-0.15, -0.1) is 0 Å². The van der Waals surface area contributed by atoms with E-state index in [-0.39, 0.29) is 5.91 Å². The molecule has 20 heavy (non-hydrogen) atoms. The van der Waals surface area contributed by atoms with Crippen molar-refractivity contribution in [1.82, 2.24) is 10.3 Å². The van der Waals surface area contributed by atoms with Gasteiger partial charge in [-0.05, 0) is 29.8 Å². The van der Waals surface area contributed by atoms with Gasteiger partial charge in [0.15, 0.2) is 0 Å². The van der Waals surface area contributed by atoms with Gasteiger partial charge in [0.25, 0.3) is 0 Å². The number of ether oxygens (including phenoxy) is 1. The van der Waals surface area contributed by atoms with E-state index in [0.29, 0.717) is 23.2 Å². The van der Waals surface area contributed by atoms with E-state index < -0.39 is 0 Å². The fourth-order valence-corrected chi connectivity index (χ4v) is 1.64. The second kappa shape index (κ2) is 6.73. The van der Waals surface area contributed by atoms with Crippen LogP contribution in [0.3, 0.4) is 0 Å². The summed E-state index contributed by atoms with van der Waals surface area (Å²) in [7, 11) is 0. The molecule has 1 aromatic heterocycles. The van der Waals surface area contributed by atoms with Gasteiger partial charge in [0.1, 0.15) is 5.75 Å². The van der Waals surface area contributed by atoms with Crippen LogP contribution in [0, 0.1) is 0 Å². The molecule has 0 unspecified atom stereocenters. The SMILES string of the molecule is C=CC(=O)NCc1cccc(Oc2ccc(Cl)cn2)c1. The first-order valence-corrected chi connectivity index (χ1v) is 6.34. The Morgan fingerprint density at radius 1 is 1.40 bits per heavy atom. The Hall–Kier alpha value is -2.33. The van der Waals surface area contributed by atoms with Crippen molar-refractivity contribution in [2.75, 3.05) is 0 Å². The summed E-state index contributed by atoms with van der Waals surface area (Å²) < 4.78 is 5.60. The topological polar surface area (TPSA) is 51.2 Å². The summed E-state index contributed by atoms with van der Waals surface area (Å²) in [6.45, 7) is 3.81. The highest BCUT2D eigenvalue weighted by Gasteiger charge is 2.01. The first kappa shape index (κ1) is 14.1. The van der Waals surface area contributed by atoms with Gasteiger partial charge in [-0.25, -0.2) is 4.98 Å². The molecule has 1 heterocycles. The minimum atomic E-state index is -0.212. The van der Waals surface area contributed by atoms with Gasteiger partial charge in [-0.3, -0.25) is 4.79 Å². The van der Waals surface area contributed by atoms with Gasteiger partial charge in [-0.1, -0.05) is 30.3 Å². The second-order valence-electron chi connectivity index (χ2n) is 3.99. The molecule has 0 saturated heterocycles. The summed E-state index contributed by atoms with van der Waals surface area (Å²) in [6.07, 6.45) is 2.75. The van der Waals surface area contributed by atoms with Crippen molar-refractivity contribution in [3.8, 4) is 11.6 Å². The lowest BCUT2D eigenvalue weighted by Gasteiger charge is -2.07. The molecule has 0 atom stereocenters. The maximum absolute atomic E-state index is 11.1. The van der Waals surface area contributed by atoms with Gasteiger partial charge in [0.05, 0.1) is 5.02 Å². The van der Waals surface area contributed by atoms with E-state index in [1.54, 1.807) is 12.1 Å². The van der Waals surface area contributed by atoms with Crippen LogP contribution < -0.4 is 10.1 Å². The Labute approximate surface area is 122 Å². The molecule has 1 aromatic carbocycles. The smallest absolute Gasteiger partial charge is 0.243 e.